The number of ether oxygens (including phenoxy) is 1. The zero-order valence-electron chi connectivity index (χ0n) is 14.0. The van der Waals surface area contributed by atoms with E-state index in [4.69, 9.17) is 4.74 Å². The first kappa shape index (κ1) is 19.6. The summed E-state index contributed by atoms with van der Waals surface area (Å²) in [4.78, 5) is 3.75. The normalized spacial score (nSPS) is 18.6. The van der Waals surface area contributed by atoms with Crippen LogP contribution in [-0.4, -0.2) is 36.9 Å². The first-order valence-corrected chi connectivity index (χ1v) is 9.66. The molecule has 1 unspecified atom stereocenters. The van der Waals surface area contributed by atoms with E-state index in [0.29, 0.717) is 12.0 Å². The molecule has 146 valence electrons. The highest BCUT2D eigenvalue weighted by atomic mass is 32.2. The number of pyridine rings is 1. The monoisotopic (exact) mass is 404 g/mol. The number of aromatic nitrogens is 1. The Kier molecular flexibility index (Phi) is 5.38. The summed E-state index contributed by atoms with van der Waals surface area (Å²) < 4.78 is 83.0. The summed E-state index contributed by atoms with van der Waals surface area (Å²) in [7, 11) is -3.70. The van der Waals surface area contributed by atoms with Gasteiger partial charge in [0.15, 0.2) is 0 Å². The number of hydrogen-bond acceptors (Lipinski definition) is 4. The Morgan fingerprint density at radius 1 is 1.22 bits per heavy atom. The number of halogens is 4. The second-order valence-electron chi connectivity index (χ2n) is 6.15. The van der Waals surface area contributed by atoms with Crippen LogP contribution in [0.25, 0.3) is 0 Å². The minimum atomic E-state index is -4.52. The van der Waals surface area contributed by atoms with Crippen LogP contribution in [0.1, 0.15) is 17.5 Å². The van der Waals surface area contributed by atoms with E-state index < -0.39 is 33.7 Å². The standard InChI is InChI=1S/C17H16F4N2O3S/c18-14-3-1-2-12(8-14)11-27(24,25)23-7-5-15(10-23)26-16-9-13(4-6-22-16)17(19,20)21/h1-4,6,8-9,15H,5,7,10-11H2. The van der Waals surface area contributed by atoms with Crippen molar-refractivity contribution in [3.8, 4) is 5.88 Å². The summed E-state index contributed by atoms with van der Waals surface area (Å²) in [6.45, 7) is 0.164. The molecule has 0 saturated carbocycles. The first-order valence-electron chi connectivity index (χ1n) is 8.06. The minimum absolute atomic E-state index is 0.00439. The van der Waals surface area contributed by atoms with Crippen LogP contribution in [0.3, 0.4) is 0 Å². The largest absolute Gasteiger partial charge is 0.473 e. The number of alkyl halides is 3. The van der Waals surface area contributed by atoms with E-state index in [9.17, 15) is 26.0 Å². The van der Waals surface area contributed by atoms with Crippen molar-refractivity contribution in [1.29, 1.82) is 0 Å². The van der Waals surface area contributed by atoms with Gasteiger partial charge in [0.1, 0.15) is 11.9 Å². The van der Waals surface area contributed by atoms with Crippen molar-refractivity contribution in [2.24, 2.45) is 0 Å². The van der Waals surface area contributed by atoms with Crippen LogP contribution in [0.15, 0.2) is 42.6 Å². The highest BCUT2D eigenvalue weighted by molar-refractivity contribution is 7.88. The van der Waals surface area contributed by atoms with Crippen molar-refractivity contribution in [3.05, 3.63) is 59.5 Å². The first-order chi connectivity index (χ1) is 12.6. The van der Waals surface area contributed by atoms with Gasteiger partial charge in [0.05, 0.1) is 17.9 Å². The molecule has 0 bridgehead atoms. The zero-order valence-corrected chi connectivity index (χ0v) is 14.8. The molecule has 0 N–H and O–H groups in total. The summed E-state index contributed by atoms with van der Waals surface area (Å²) in [6.07, 6.45) is -3.81. The molecule has 1 atom stereocenters. The van der Waals surface area contributed by atoms with Crippen LogP contribution in [0.2, 0.25) is 0 Å². The van der Waals surface area contributed by atoms with Crippen LogP contribution in [0.4, 0.5) is 17.6 Å². The van der Waals surface area contributed by atoms with Crippen molar-refractivity contribution in [2.75, 3.05) is 13.1 Å². The van der Waals surface area contributed by atoms with E-state index in [-0.39, 0.29) is 24.7 Å². The van der Waals surface area contributed by atoms with Gasteiger partial charge in [-0.2, -0.15) is 17.5 Å². The van der Waals surface area contributed by atoms with Crippen molar-refractivity contribution in [2.45, 2.75) is 24.5 Å². The average Bonchev–Trinajstić information content (AvgIpc) is 3.03. The Hall–Kier alpha value is -2.20. The molecule has 5 nitrogen and oxygen atoms in total. The number of sulfonamides is 1. The van der Waals surface area contributed by atoms with Crippen molar-refractivity contribution >= 4 is 10.0 Å². The van der Waals surface area contributed by atoms with Crippen LogP contribution < -0.4 is 4.74 Å². The molecule has 0 spiro atoms. The maximum atomic E-state index is 13.2. The third-order valence-corrected chi connectivity index (χ3v) is 5.91. The Labute approximate surface area is 153 Å². The van der Waals surface area contributed by atoms with Gasteiger partial charge in [-0.3, -0.25) is 0 Å². The fraction of sp³-hybridized carbons (Fsp3) is 0.353. The van der Waals surface area contributed by atoms with Gasteiger partial charge < -0.3 is 4.74 Å². The summed E-state index contributed by atoms with van der Waals surface area (Å²) >= 11 is 0. The molecule has 2 aromatic rings. The van der Waals surface area contributed by atoms with Crippen LogP contribution >= 0.6 is 0 Å². The van der Waals surface area contributed by atoms with Gasteiger partial charge in [-0.05, 0) is 30.2 Å². The molecule has 1 aliphatic rings. The maximum Gasteiger partial charge on any atom is 0.416 e. The lowest BCUT2D eigenvalue weighted by Crippen LogP contribution is -2.32. The maximum absolute atomic E-state index is 13.2. The van der Waals surface area contributed by atoms with Gasteiger partial charge >= 0.3 is 6.18 Å². The molecule has 1 aromatic carbocycles. The van der Waals surface area contributed by atoms with E-state index in [1.807, 2.05) is 0 Å². The predicted octanol–water partition coefficient (Wildman–Crippen LogP) is 3.22. The lowest BCUT2D eigenvalue weighted by Gasteiger charge is -2.17. The van der Waals surface area contributed by atoms with E-state index in [2.05, 4.69) is 4.98 Å². The number of nitrogens with zero attached hydrogens (tertiary/aromatic N) is 2. The van der Waals surface area contributed by atoms with Crippen molar-refractivity contribution in [3.63, 3.8) is 0 Å². The van der Waals surface area contributed by atoms with Gasteiger partial charge in [-0.15, -0.1) is 0 Å². The molecular formula is C17H16F4N2O3S. The van der Waals surface area contributed by atoms with Crippen LogP contribution in [0, 0.1) is 5.82 Å². The topological polar surface area (TPSA) is 59.5 Å². The number of hydrogen-bond donors (Lipinski definition) is 0. The molecule has 0 radical (unpaired) electrons. The third-order valence-electron chi connectivity index (χ3n) is 4.09. The van der Waals surface area contributed by atoms with E-state index in [1.165, 1.54) is 22.5 Å². The van der Waals surface area contributed by atoms with Crippen LogP contribution in [0.5, 0.6) is 5.88 Å². The summed E-state index contributed by atoms with van der Waals surface area (Å²) in [5, 5.41) is 0. The van der Waals surface area contributed by atoms with Crippen LogP contribution in [-0.2, 0) is 22.0 Å². The predicted molar refractivity (Wildman–Crippen MR) is 88.9 cm³/mol. The highest BCUT2D eigenvalue weighted by Gasteiger charge is 2.34. The Bertz CT molecular complexity index is 918. The molecule has 1 aromatic heterocycles. The average molecular weight is 404 g/mol. The molecule has 0 aliphatic carbocycles. The molecule has 0 amide bonds. The van der Waals surface area contributed by atoms with Crippen molar-refractivity contribution < 1.29 is 30.7 Å². The molecule has 3 rings (SSSR count). The third kappa shape index (κ3) is 4.95. The van der Waals surface area contributed by atoms with Gasteiger partial charge in [0.25, 0.3) is 0 Å². The fourth-order valence-electron chi connectivity index (χ4n) is 2.80. The van der Waals surface area contributed by atoms with Crippen molar-refractivity contribution in [1.82, 2.24) is 9.29 Å². The molecule has 10 heteroatoms. The molecule has 1 aliphatic heterocycles. The minimum Gasteiger partial charge on any atom is -0.473 e. The van der Waals surface area contributed by atoms with Gasteiger partial charge in [-0.25, -0.2) is 17.8 Å². The van der Waals surface area contributed by atoms with E-state index in [0.717, 1.165) is 24.4 Å². The van der Waals surface area contributed by atoms with Gasteiger partial charge in [0.2, 0.25) is 15.9 Å². The van der Waals surface area contributed by atoms with Gasteiger partial charge in [0, 0.05) is 18.8 Å². The summed E-state index contributed by atoms with van der Waals surface area (Å²) in [5.41, 5.74) is -0.569. The molecular weight excluding hydrogens is 388 g/mol. The second-order valence-corrected chi connectivity index (χ2v) is 8.12. The zero-order chi connectivity index (χ0) is 19.7. The SMILES string of the molecule is O=S(=O)(Cc1cccc(F)c1)N1CCC(Oc2cc(C(F)(F)F)ccn2)C1. The molecule has 27 heavy (non-hydrogen) atoms. The number of benzene rings is 1. The van der Waals surface area contributed by atoms with E-state index >= 15 is 0 Å². The Morgan fingerprint density at radius 2 is 2.00 bits per heavy atom. The molecule has 1 saturated heterocycles. The molecule has 2 heterocycles. The number of rotatable bonds is 5. The smallest absolute Gasteiger partial charge is 0.416 e. The summed E-state index contributed by atoms with van der Waals surface area (Å²) in [5.74, 6) is -1.10. The summed E-state index contributed by atoms with van der Waals surface area (Å²) in [6, 6.07) is 6.92. The van der Waals surface area contributed by atoms with Gasteiger partial charge in [-0.1, -0.05) is 12.1 Å². The Balaban J connectivity index is 1.64. The lowest BCUT2D eigenvalue weighted by atomic mass is 10.2. The fourth-order valence-corrected chi connectivity index (χ4v) is 4.36. The Morgan fingerprint density at radius 3 is 2.70 bits per heavy atom. The van der Waals surface area contributed by atoms with E-state index in [1.54, 1.807) is 0 Å². The molecule has 1 fully saturated rings. The lowest BCUT2D eigenvalue weighted by molar-refractivity contribution is -0.137. The quantitative estimate of drug-likeness (QED) is 0.718. The highest BCUT2D eigenvalue weighted by Crippen LogP contribution is 2.31. The second kappa shape index (κ2) is 7.43.